The van der Waals surface area contributed by atoms with Gasteiger partial charge in [0.2, 0.25) is 0 Å². The summed E-state index contributed by atoms with van der Waals surface area (Å²) in [4.78, 5) is 0. The summed E-state index contributed by atoms with van der Waals surface area (Å²) in [7, 11) is 0.641. The van der Waals surface area contributed by atoms with E-state index >= 15 is 0 Å². The van der Waals surface area contributed by atoms with Gasteiger partial charge in [0.1, 0.15) is 0 Å². The van der Waals surface area contributed by atoms with Crippen LogP contribution in [0.3, 0.4) is 0 Å². The quantitative estimate of drug-likeness (QED) is 0.584. The van der Waals surface area contributed by atoms with Crippen molar-refractivity contribution >= 4 is 8.73 Å². The minimum atomic E-state index is 0.641. The second-order valence-corrected chi connectivity index (χ2v) is 3.53. The summed E-state index contributed by atoms with van der Waals surface area (Å²) in [5.41, 5.74) is 6.20. The fourth-order valence-electron chi connectivity index (χ4n) is 0.594. The standard InChI is InChI=1S/C6H16NP/c1-3-4-5-6(2)8-7/h6,8H,3-5,7H2,1-2H3. The molecule has 0 aromatic heterocycles. The third kappa shape index (κ3) is 4.55. The lowest BCUT2D eigenvalue weighted by Gasteiger charge is -2.04. The Labute approximate surface area is 53.9 Å². The Morgan fingerprint density at radius 2 is 2.25 bits per heavy atom. The van der Waals surface area contributed by atoms with Crippen molar-refractivity contribution in [1.29, 1.82) is 0 Å². The topological polar surface area (TPSA) is 26.0 Å². The van der Waals surface area contributed by atoms with E-state index in [9.17, 15) is 0 Å². The fraction of sp³-hybridized carbons (Fsp3) is 1.00. The summed E-state index contributed by atoms with van der Waals surface area (Å²) < 4.78 is 0. The zero-order valence-corrected chi connectivity index (χ0v) is 6.78. The molecule has 2 heteroatoms. The maximum atomic E-state index is 5.44. The molecule has 1 nitrogen and oxygen atoms in total. The highest BCUT2D eigenvalue weighted by atomic mass is 31.1. The smallest absolute Gasteiger partial charge is 0.0137 e. The maximum Gasteiger partial charge on any atom is -0.0137 e. The van der Waals surface area contributed by atoms with Gasteiger partial charge < -0.3 is 5.50 Å². The lowest BCUT2D eigenvalue weighted by atomic mass is 10.2. The van der Waals surface area contributed by atoms with Crippen molar-refractivity contribution in [2.75, 3.05) is 0 Å². The van der Waals surface area contributed by atoms with E-state index in [1.165, 1.54) is 19.3 Å². The van der Waals surface area contributed by atoms with Crippen LogP contribution in [-0.4, -0.2) is 5.66 Å². The Kier molecular flexibility index (Phi) is 5.79. The largest absolute Gasteiger partial charge is 0.312 e. The van der Waals surface area contributed by atoms with Gasteiger partial charge in [-0.3, -0.25) is 0 Å². The third-order valence-electron chi connectivity index (χ3n) is 1.28. The van der Waals surface area contributed by atoms with Gasteiger partial charge in [0.15, 0.2) is 0 Å². The van der Waals surface area contributed by atoms with E-state index in [0.717, 1.165) is 5.66 Å². The molecule has 2 atom stereocenters. The molecule has 0 aromatic rings. The molecule has 0 heterocycles. The molecule has 0 spiro atoms. The minimum absolute atomic E-state index is 0.641. The first-order chi connectivity index (χ1) is 3.81. The summed E-state index contributed by atoms with van der Waals surface area (Å²) >= 11 is 0. The van der Waals surface area contributed by atoms with E-state index in [2.05, 4.69) is 13.8 Å². The van der Waals surface area contributed by atoms with Gasteiger partial charge in [-0.05, 0) is 12.1 Å². The molecule has 0 aliphatic carbocycles. The number of hydrogen-bond donors (Lipinski definition) is 1. The predicted octanol–water partition coefficient (Wildman–Crippen LogP) is 2.12. The van der Waals surface area contributed by atoms with Gasteiger partial charge in [-0.2, -0.15) is 0 Å². The monoisotopic (exact) mass is 133 g/mol. The van der Waals surface area contributed by atoms with Crippen LogP contribution in [0.5, 0.6) is 0 Å². The number of rotatable bonds is 4. The van der Waals surface area contributed by atoms with E-state index in [-0.39, 0.29) is 0 Å². The first-order valence-corrected chi connectivity index (χ1v) is 4.42. The molecule has 0 amide bonds. The van der Waals surface area contributed by atoms with Crippen LogP contribution in [0.25, 0.3) is 0 Å². The van der Waals surface area contributed by atoms with Gasteiger partial charge in [0.05, 0.1) is 0 Å². The van der Waals surface area contributed by atoms with Crippen molar-refractivity contribution in [1.82, 2.24) is 0 Å². The van der Waals surface area contributed by atoms with Crippen LogP contribution in [0.4, 0.5) is 0 Å². The van der Waals surface area contributed by atoms with Crippen molar-refractivity contribution in [3.8, 4) is 0 Å². The molecule has 0 fully saturated rings. The highest BCUT2D eigenvalue weighted by Gasteiger charge is 1.95. The maximum absolute atomic E-state index is 5.44. The summed E-state index contributed by atoms with van der Waals surface area (Å²) in [6.07, 6.45) is 3.95. The van der Waals surface area contributed by atoms with Crippen LogP contribution in [0, 0.1) is 0 Å². The number of unbranched alkanes of at least 4 members (excludes halogenated alkanes) is 1. The molecule has 2 unspecified atom stereocenters. The van der Waals surface area contributed by atoms with Crippen LogP contribution in [0.15, 0.2) is 0 Å². The number of hydrogen-bond acceptors (Lipinski definition) is 1. The van der Waals surface area contributed by atoms with E-state index in [4.69, 9.17) is 5.50 Å². The van der Waals surface area contributed by atoms with Gasteiger partial charge >= 0.3 is 0 Å². The van der Waals surface area contributed by atoms with Crippen molar-refractivity contribution in [2.45, 2.75) is 38.8 Å². The van der Waals surface area contributed by atoms with Gasteiger partial charge in [-0.25, -0.2) is 0 Å². The van der Waals surface area contributed by atoms with Crippen molar-refractivity contribution in [3.63, 3.8) is 0 Å². The first kappa shape index (κ1) is 8.39. The van der Waals surface area contributed by atoms with Gasteiger partial charge in [-0.15, -0.1) is 0 Å². The molecule has 0 rings (SSSR count). The summed E-state index contributed by atoms with van der Waals surface area (Å²) in [5, 5.41) is 0. The Hall–Kier alpha value is 0.390. The number of nitrogens with two attached hydrogens (primary N) is 1. The molecule has 0 radical (unpaired) electrons. The van der Waals surface area contributed by atoms with Crippen LogP contribution in [-0.2, 0) is 0 Å². The Bertz CT molecular complexity index is 47.8. The third-order valence-corrected chi connectivity index (χ3v) is 2.13. The zero-order chi connectivity index (χ0) is 6.41. The van der Waals surface area contributed by atoms with E-state index < -0.39 is 0 Å². The van der Waals surface area contributed by atoms with Gasteiger partial charge in [0.25, 0.3) is 0 Å². The Balaban J connectivity index is 2.86. The fourth-order valence-corrected chi connectivity index (χ4v) is 0.964. The normalized spacial score (nSPS) is 15.4. The Morgan fingerprint density at radius 1 is 1.62 bits per heavy atom. The average molecular weight is 133 g/mol. The average Bonchev–Trinajstić information content (AvgIpc) is 1.83. The SMILES string of the molecule is CCCCC(C)PN. The minimum Gasteiger partial charge on any atom is -0.312 e. The van der Waals surface area contributed by atoms with Crippen LogP contribution in [0.1, 0.15) is 33.1 Å². The highest BCUT2D eigenvalue weighted by molar-refractivity contribution is 7.35. The summed E-state index contributed by atoms with van der Waals surface area (Å²) in [6, 6.07) is 0. The first-order valence-electron chi connectivity index (χ1n) is 3.27. The van der Waals surface area contributed by atoms with Gasteiger partial charge in [0, 0.05) is 0 Å². The summed E-state index contributed by atoms with van der Waals surface area (Å²) in [6.45, 7) is 4.43. The molecule has 0 saturated carbocycles. The Morgan fingerprint density at radius 3 is 2.62 bits per heavy atom. The zero-order valence-electron chi connectivity index (χ0n) is 5.78. The van der Waals surface area contributed by atoms with Crippen LogP contribution >= 0.6 is 8.73 Å². The molecule has 0 saturated heterocycles. The van der Waals surface area contributed by atoms with Crippen molar-refractivity contribution < 1.29 is 0 Å². The van der Waals surface area contributed by atoms with E-state index in [1.807, 2.05) is 0 Å². The second kappa shape index (κ2) is 5.53. The molecule has 0 aliphatic heterocycles. The van der Waals surface area contributed by atoms with Crippen LogP contribution in [0.2, 0.25) is 0 Å². The van der Waals surface area contributed by atoms with E-state index in [0.29, 0.717) is 8.73 Å². The lowest BCUT2D eigenvalue weighted by molar-refractivity contribution is 0.710. The molecule has 0 aliphatic rings. The van der Waals surface area contributed by atoms with Gasteiger partial charge in [-0.1, -0.05) is 35.4 Å². The van der Waals surface area contributed by atoms with E-state index in [1.54, 1.807) is 0 Å². The molecule has 0 aromatic carbocycles. The molecule has 0 bridgehead atoms. The van der Waals surface area contributed by atoms with Crippen molar-refractivity contribution in [3.05, 3.63) is 0 Å². The molecule has 8 heavy (non-hydrogen) atoms. The lowest BCUT2D eigenvalue weighted by Crippen LogP contribution is -1.95. The molecule has 50 valence electrons. The van der Waals surface area contributed by atoms with Crippen LogP contribution < -0.4 is 5.50 Å². The van der Waals surface area contributed by atoms with Crippen molar-refractivity contribution in [2.24, 2.45) is 5.50 Å². The highest BCUT2D eigenvalue weighted by Crippen LogP contribution is 2.14. The second-order valence-electron chi connectivity index (χ2n) is 2.21. The predicted molar refractivity (Wildman–Crippen MR) is 41.5 cm³/mol. The molecule has 2 N–H and O–H groups in total. The molecular weight excluding hydrogens is 117 g/mol. The summed E-state index contributed by atoms with van der Waals surface area (Å²) in [5.74, 6) is 0. The molecular formula is C6H16NP.